The van der Waals surface area contributed by atoms with E-state index in [0.29, 0.717) is 22.7 Å². The molecular weight excluding hydrogens is 291 g/mol. The van der Waals surface area contributed by atoms with Gasteiger partial charge >= 0.3 is 137 Å². The van der Waals surface area contributed by atoms with Crippen LogP contribution in [0.1, 0.15) is 68.2 Å². The average Bonchev–Trinajstić information content (AvgIpc) is 2.84. The Morgan fingerprint density at radius 3 is 1.59 bits per heavy atom. The van der Waals surface area contributed by atoms with E-state index in [1.54, 1.807) is 0 Å². The second-order valence-corrected chi connectivity index (χ2v) is 14.1. The Kier molecular flexibility index (Phi) is 5.94. The molecule has 0 amide bonds. The molecule has 3 heteroatoms. The van der Waals surface area contributed by atoms with Gasteiger partial charge in [0, 0.05) is 0 Å². The molecule has 1 aliphatic heterocycles. The van der Waals surface area contributed by atoms with Crippen LogP contribution in [0.5, 0.6) is 0 Å². The Morgan fingerprint density at radius 2 is 1.36 bits per heavy atom. The van der Waals surface area contributed by atoms with E-state index in [9.17, 15) is 9.90 Å². The number of hydrogen-bond donors (Lipinski definition) is 1. The molecule has 2 unspecified atom stereocenters. The molecule has 0 spiro atoms. The second-order valence-electron chi connectivity index (χ2n) is 10.2. The molecule has 1 rings (SSSR count). The van der Waals surface area contributed by atoms with Crippen LogP contribution in [0, 0.1) is 22.7 Å². The van der Waals surface area contributed by atoms with Gasteiger partial charge in [-0.15, -0.1) is 0 Å². The van der Waals surface area contributed by atoms with Gasteiger partial charge in [0.05, 0.1) is 0 Å². The Balaban J connectivity index is 2.71. The zero-order valence-corrected chi connectivity index (χ0v) is 16.9. The van der Waals surface area contributed by atoms with E-state index in [2.05, 4.69) is 61.2 Å². The van der Waals surface area contributed by atoms with Crippen LogP contribution in [-0.2, 0) is 4.79 Å². The average molecular weight is 328 g/mol. The number of carbonyl (C=O) groups is 1. The topological polar surface area (TPSA) is 37.3 Å². The SMILES string of the molecule is CC(CC(C)(C)C)C[PH]1(CC(C)CC(C)(C)C)C=C1C(=O)O. The van der Waals surface area contributed by atoms with Crippen LogP contribution in [0.3, 0.4) is 0 Å². The molecule has 1 heterocycles. The molecule has 2 atom stereocenters. The second kappa shape index (κ2) is 6.63. The van der Waals surface area contributed by atoms with Crippen LogP contribution in [0.15, 0.2) is 11.1 Å². The van der Waals surface area contributed by atoms with E-state index in [-0.39, 0.29) is 0 Å². The van der Waals surface area contributed by atoms with E-state index in [1.807, 2.05) is 0 Å². The quantitative estimate of drug-likeness (QED) is 0.598. The summed E-state index contributed by atoms with van der Waals surface area (Å²) in [6, 6.07) is 0. The number of rotatable bonds is 7. The standard InChI is InChI=1S/C19H37O2P/c1-14(9-18(3,4)5)11-22(13-16(22)17(20)21)12-15(2)10-19(6,7)8/h13-15,22H,9-12H2,1-8H3,(H,20,21). The number of hydrogen-bond acceptors (Lipinski definition) is 1. The number of carboxylic acids is 1. The van der Waals surface area contributed by atoms with E-state index in [1.165, 1.54) is 12.8 Å². The summed E-state index contributed by atoms with van der Waals surface area (Å²) in [5.41, 5.74) is 0.647. The minimum atomic E-state index is -1.78. The van der Waals surface area contributed by atoms with Crippen molar-refractivity contribution in [1.29, 1.82) is 0 Å². The molecular formula is C19H37O2P. The van der Waals surface area contributed by atoms with Crippen LogP contribution in [0.2, 0.25) is 0 Å². The van der Waals surface area contributed by atoms with Gasteiger partial charge in [0.2, 0.25) is 0 Å². The van der Waals surface area contributed by atoms with Gasteiger partial charge in [0.25, 0.3) is 0 Å². The molecule has 0 radical (unpaired) electrons. The Hall–Kier alpha value is -0.360. The molecule has 0 aromatic rings. The summed E-state index contributed by atoms with van der Waals surface area (Å²) in [6.07, 6.45) is 4.60. The van der Waals surface area contributed by atoms with Gasteiger partial charge in [-0.1, -0.05) is 0 Å². The summed E-state index contributed by atoms with van der Waals surface area (Å²) in [4.78, 5) is 11.5. The van der Waals surface area contributed by atoms with Crippen LogP contribution in [0.25, 0.3) is 0 Å². The summed E-state index contributed by atoms with van der Waals surface area (Å²) in [7, 11) is -1.78. The van der Waals surface area contributed by atoms with Gasteiger partial charge in [0.15, 0.2) is 0 Å². The zero-order valence-electron chi connectivity index (χ0n) is 15.9. The van der Waals surface area contributed by atoms with E-state index < -0.39 is 13.2 Å². The molecule has 22 heavy (non-hydrogen) atoms. The van der Waals surface area contributed by atoms with E-state index in [4.69, 9.17) is 0 Å². The predicted octanol–water partition coefficient (Wildman–Crippen LogP) is 5.82. The molecule has 2 nitrogen and oxygen atoms in total. The fraction of sp³-hybridized carbons (Fsp3) is 0.842. The van der Waals surface area contributed by atoms with Crippen molar-refractivity contribution >= 4 is 13.2 Å². The molecule has 130 valence electrons. The minimum absolute atomic E-state index is 0.324. The summed E-state index contributed by atoms with van der Waals surface area (Å²) < 4.78 is 0. The van der Waals surface area contributed by atoms with Crippen molar-refractivity contribution in [2.24, 2.45) is 22.7 Å². The fourth-order valence-corrected chi connectivity index (χ4v) is 9.68. The van der Waals surface area contributed by atoms with Gasteiger partial charge in [-0.25, -0.2) is 0 Å². The normalized spacial score (nSPS) is 21.7. The van der Waals surface area contributed by atoms with Gasteiger partial charge in [-0.3, -0.25) is 0 Å². The Labute approximate surface area is 138 Å². The van der Waals surface area contributed by atoms with Crippen molar-refractivity contribution in [2.45, 2.75) is 68.2 Å². The van der Waals surface area contributed by atoms with Crippen molar-refractivity contribution in [3.05, 3.63) is 11.1 Å². The first-order chi connectivity index (χ1) is 9.74. The zero-order chi connectivity index (χ0) is 17.3. The Morgan fingerprint density at radius 1 is 1.00 bits per heavy atom. The van der Waals surface area contributed by atoms with Gasteiger partial charge in [-0.2, -0.15) is 0 Å². The summed E-state index contributed by atoms with van der Waals surface area (Å²) in [5.74, 6) is 2.73. The molecule has 0 saturated carbocycles. The van der Waals surface area contributed by atoms with E-state index >= 15 is 0 Å². The Bertz CT molecular complexity index is 413. The van der Waals surface area contributed by atoms with Gasteiger partial charge < -0.3 is 0 Å². The first-order valence-electron chi connectivity index (χ1n) is 8.71. The van der Waals surface area contributed by atoms with Crippen molar-refractivity contribution < 1.29 is 9.90 Å². The maximum atomic E-state index is 11.5. The molecule has 0 aromatic carbocycles. The third-order valence-corrected chi connectivity index (χ3v) is 9.26. The first kappa shape index (κ1) is 19.7. The monoisotopic (exact) mass is 328 g/mol. The number of carboxylic acid groups (broad SMARTS) is 1. The molecule has 0 aromatic heterocycles. The van der Waals surface area contributed by atoms with Crippen LogP contribution in [0.4, 0.5) is 0 Å². The van der Waals surface area contributed by atoms with Gasteiger partial charge in [0.1, 0.15) is 0 Å². The maximum absolute atomic E-state index is 11.5. The predicted molar refractivity (Wildman–Crippen MR) is 100 cm³/mol. The summed E-state index contributed by atoms with van der Waals surface area (Å²) >= 11 is 0. The molecule has 0 fully saturated rings. The molecule has 0 bridgehead atoms. The summed E-state index contributed by atoms with van der Waals surface area (Å²) in [6.45, 7) is 18.3. The van der Waals surface area contributed by atoms with Crippen molar-refractivity contribution in [2.75, 3.05) is 12.3 Å². The first-order valence-corrected chi connectivity index (χ1v) is 11.2. The van der Waals surface area contributed by atoms with Crippen molar-refractivity contribution in [3.63, 3.8) is 0 Å². The van der Waals surface area contributed by atoms with Crippen LogP contribution in [-0.4, -0.2) is 23.4 Å². The van der Waals surface area contributed by atoms with Crippen molar-refractivity contribution in [1.82, 2.24) is 0 Å². The third-order valence-electron chi connectivity index (χ3n) is 4.45. The van der Waals surface area contributed by atoms with Gasteiger partial charge in [-0.05, 0) is 0 Å². The third kappa shape index (κ3) is 6.41. The van der Waals surface area contributed by atoms with Crippen LogP contribution < -0.4 is 0 Å². The molecule has 0 saturated heterocycles. The van der Waals surface area contributed by atoms with E-state index in [0.717, 1.165) is 17.6 Å². The molecule has 1 N–H and O–H groups in total. The summed E-state index contributed by atoms with van der Waals surface area (Å²) in [5, 5.41) is 10.2. The fourth-order valence-electron chi connectivity index (χ4n) is 4.41. The van der Waals surface area contributed by atoms with Crippen molar-refractivity contribution in [3.8, 4) is 0 Å². The molecule has 0 aliphatic carbocycles. The van der Waals surface area contributed by atoms with Crippen LogP contribution >= 0.6 is 7.26 Å². The number of aliphatic carboxylic acids is 1. The molecule has 1 aliphatic rings.